The largest absolute Gasteiger partial charge is 0.399 e. The van der Waals surface area contributed by atoms with Gasteiger partial charge in [-0.3, -0.25) is 0 Å². The number of rotatable bonds is 6. The smallest absolute Gasteiger partial charge is 0.0314 e. The molecule has 0 aliphatic heterocycles. The second-order valence-electron chi connectivity index (χ2n) is 3.70. The van der Waals surface area contributed by atoms with Crippen LogP contribution in [-0.2, 0) is 6.42 Å². The van der Waals surface area contributed by atoms with E-state index in [2.05, 4.69) is 5.32 Å². The molecule has 0 spiro atoms. The van der Waals surface area contributed by atoms with Gasteiger partial charge in [0.25, 0.3) is 0 Å². The lowest BCUT2D eigenvalue weighted by molar-refractivity contribution is 0.578. The molecule has 0 heterocycles. The van der Waals surface area contributed by atoms with E-state index >= 15 is 0 Å². The molecule has 1 atom stereocenters. The maximum Gasteiger partial charge on any atom is 0.0314 e. The van der Waals surface area contributed by atoms with Gasteiger partial charge >= 0.3 is 0 Å². The first kappa shape index (κ1) is 12.0. The van der Waals surface area contributed by atoms with Gasteiger partial charge in [0.15, 0.2) is 0 Å². The highest BCUT2D eigenvalue weighted by molar-refractivity contribution is 5.39. The van der Waals surface area contributed by atoms with Crippen molar-refractivity contribution >= 4 is 5.69 Å². The van der Waals surface area contributed by atoms with Crippen molar-refractivity contribution in [3.8, 4) is 0 Å². The molecule has 0 radical (unpaired) electrons. The Labute approximate surface area is 90.8 Å². The van der Waals surface area contributed by atoms with Gasteiger partial charge in [0.2, 0.25) is 0 Å². The summed E-state index contributed by atoms with van der Waals surface area (Å²) in [6.45, 7) is 2.26. The van der Waals surface area contributed by atoms with Gasteiger partial charge in [-0.05, 0) is 24.1 Å². The minimum absolute atomic E-state index is 0.125. The molecule has 0 aliphatic carbocycles. The van der Waals surface area contributed by atoms with E-state index in [9.17, 15) is 0 Å². The minimum atomic E-state index is 0.125. The number of anilines is 1. The standard InChI is InChI=1S/C11H20N4/c12-5-6-15-8-11(14)7-9-1-3-10(13)4-2-9/h1-4,11,15H,5-8,12-14H2. The first-order valence-electron chi connectivity index (χ1n) is 5.23. The molecule has 1 unspecified atom stereocenters. The molecule has 0 fully saturated rings. The molecular weight excluding hydrogens is 188 g/mol. The monoisotopic (exact) mass is 208 g/mol. The van der Waals surface area contributed by atoms with Crippen molar-refractivity contribution in [1.82, 2.24) is 5.32 Å². The summed E-state index contributed by atoms with van der Waals surface area (Å²) in [4.78, 5) is 0. The van der Waals surface area contributed by atoms with Crippen LogP contribution in [0.4, 0.5) is 5.69 Å². The van der Waals surface area contributed by atoms with Crippen LogP contribution in [0.25, 0.3) is 0 Å². The highest BCUT2D eigenvalue weighted by Gasteiger charge is 2.02. The number of nitrogens with one attached hydrogen (secondary N) is 1. The molecule has 0 aromatic heterocycles. The molecule has 0 saturated heterocycles. The second kappa shape index (κ2) is 6.40. The summed E-state index contributed by atoms with van der Waals surface area (Å²) in [6.07, 6.45) is 0.859. The molecule has 1 aromatic rings. The third-order valence-electron chi connectivity index (χ3n) is 2.21. The number of hydrogen-bond donors (Lipinski definition) is 4. The molecule has 0 aliphatic rings. The van der Waals surface area contributed by atoms with Crippen LogP contribution in [0.1, 0.15) is 5.56 Å². The lowest BCUT2D eigenvalue weighted by Gasteiger charge is -2.12. The molecule has 1 aromatic carbocycles. The molecule has 0 amide bonds. The number of benzene rings is 1. The summed E-state index contributed by atoms with van der Waals surface area (Å²) < 4.78 is 0. The SMILES string of the molecule is NCCNCC(N)Cc1ccc(N)cc1. The molecule has 4 nitrogen and oxygen atoms in total. The van der Waals surface area contributed by atoms with Gasteiger partial charge in [-0.25, -0.2) is 0 Å². The maximum absolute atomic E-state index is 5.95. The van der Waals surface area contributed by atoms with E-state index in [1.54, 1.807) is 0 Å². The number of nitrogen functional groups attached to an aromatic ring is 1. The Morgan fingerprint density at radius 2 is 1.87 bits per heavy atom. The van der Waals surface area contributed by atoms with Gasteiger partial charge in [-0.2, -0.15) is 0 Å². The first-order valence-corrected chi connectivity index (χ1v) is 5.23. The van der Waals surface area contributed by atoms with Gasteiger partial charge in [-0.15, -0.1) is 0 Å². The van der Waals surface area contributed by atoms with Crippen molar-refractivity contribution in [2.45, 2.75) is 12.5 Å². The minimum Gasteiger partial charge on any atom is -0.399 e. The predicted molar refractivity (Wildman–Crippen MR) is 64.5 cm³/mol. The Bertz CT molecular complexity index is 270. The van der Waals surface area contributed by atoms with Crippen molar-refractivity contribution in [2.75, 3.05) is 25.4 Å². The molecular formula is C11H20N4. The van der Waals surface area contributed by atoms with Gasteiger partial charge in [-0.1, -0.05) is 12.1 Å². The Hall–Kier alpha value is -1.10. The zero-order valence-corrected chi connectivity index (χ0v) is 8.95. The normalized spacial score (nSPS) is 12.7. The van der Waals surface area contributed by atoms with Crippen LogP contribution in [0.5, 0.6) is 0 Å². The topological polar surface area (TPSA) is 90.1 Å². The summed E-state index contributed by atoms with van der Waals surface area (Å²) >= 11 is 0. The van der Waals surface area contributed by atoms with Crippen molar-refractivity contribution in [3.05, 3.63) is 29.8 Å². The molecule has 1 rings (SSSR count). The van der Waals surface area contributed by atoms with Crippen molar-refractivity contribution < 1.29 is 0 Å². The lowest BCUT2D eigenvalue weighted by Crippen LogP contribution is -2.37. The highest BCUT2D eigenvalue weighted by atomic mass is 14.9. The zero-order valence-electron chi connectivity index (χ0n) is 8.95. The van der Waals surface area contributed by atoms with E-state index in [1.165, 1.54) is 5.56 Å². The van der Waals surface area contributed by atoms with Crippen LogP contribution in [0, 0.1) is 0 Å². The van der Waals surface area contributed by atoms with Crippen LogP contribution < -0.4 is 22.5 Å². The van der Waals surface area contributed by atoms with E-state index in [0.29, 0.717) is 6.54 Å². The Morgan fingerprint density at radius 3 is 2.47 bits per heavy atom. The lowest BCUT2D eigenvalue weighted by atomic mass is 10.1. The van der Waals surface area contributed by atoms with E-state index in [0.717, 1.165) is 25.2 Å². The Balaban J connectivity index is 2.31. The fourth-order valence-electron chi connectivity index (χ4n) is 1.42. The molecule has 84 valence electrons. The van der Waals surface area contributed by atoms with Gasteiger partial charge in [0, 0.05) is 31.4 Å². The Morgan fingerprint density at radius 1 is 1.20 bits per heavy atom. The maximum atomic E-state index is 5.95. The molecule has 7 N–H and O–H groups in total. The Kier molecular flexibility index (Phi) is 5.10. The fraction of sp³-hybridized carbons (Fsp3) is 0.455. The predicted octanol–water partition coefficient (Wildman–Crippen LogP) is -0.313. The van der Waals surface area contributed by atoms with Crippen LogP contribution in [0.2, 0.25) is 0 Å². The van der Waals surface area contributed by atoms with Crippen molar-refractivity contribution in [3.63, 3.8) is 0 Å². The van der Waals surface area contributed by atoms with Crippen LogP contribution in [0.3, 0.4) is 0 Å². The highest BCUT2D eigenvalue weighted by Crippen LogP contribution is 2.06. The third-order valence-corrected chi connectivity index (χ3v) is 2.21. The summed E-state index contributed by atoms with van der Waals surface area (Å²) in [7, 11) is 0. The average molecular weight is 208 g/mol. The average Bonchev–Trinajstić information content (AvgIpc) is 2.22. The number of nitrogens with two attached hydrogens (primary N) is 3. The zero-order chi connectivity index (χ0) is 11.1. The van der Waals surface area contributed by atoms with E-state index in [-0.39, 0.29) is 6.04 Å². The molecule has 0 saturated carbocycles. The van der Waals surface area contributed by atoms with Crippen molar-refractivity contribution in [2.24, 2.45) is 11.5 Å². The summed E-state index contributed by atoms with van der Waals surface area (Å²) in [5.74, 6) is 0. The van der Waals surface area contributed by atoms with Crippen molar-refractivity contribution in [1.29, 1.82) is 0 Å². The number of hydrogen-bond acceptors (Lipinski definition) is 4. The third kappa shape index (κ3) is 4.78. The van der Waals surface area contributed by atoms with Gasteiger partial charge in [0.1, 0.15) is 0 Å². The summed E-state index contributed by atoms with van der Waals surface area (Å²) in [6, 6.07) is 7.95. The summed E-state index contributed by atoms with van der Waals surface area (Å²) in [5, 5.41) is 3.19. The molecule has 15 heavy (non-hydrogen) atoms. The first-order chi connectivity index (χ1) is 7.22. The van der Waals surface area contributed by atoms with Crippen LogP contribution in [0.15, 0.2) is 24.3 Å². The quantitative estimate of drug-likeness (QED) is 0.381. The van der Waals surface area contributed by atoms with E-state index in [1.807, 2.05) is 24.3 Å². The van der Waals surface area contributed by atoms with E-state index < -0.39 is 0 Å². The molecule has 0 bridgehead atoms. The van der Waals surface area contributed by atoms with Crippen LogP contribution in [-0.4, -0.2) is 25.7 Å². The van der Waals surface area contributed by atoms with E-state index in [4.69, 9.17) is 17.2 Å². The second-order valence-corrected chi connectivity index (χ2v) is 3.70. The van der Waals surface area contributed by atoms with Gasteiger partial charge < -0.3 is 22.5 Å². The molecule has 4 heteroatoms. The summed E-state index contributed by atoms with van der Waals surface area (Å²) in [5.41, 5.74) is 18.9. The van der Waals surface area contributed by atoms with Gasteiger partial charge in [0.05, 0.1) is 0 Å². The van der Waals surface area contributed by atoms with Crippen LogP contribution >= 0.6 is 0 Å². The fourth-order valence-corrected chi connectivity index (χ4v) is 1.42.